The zero-order chi connectivity index (χ0) is 15.9. The summed E-state index contributed by atoms with van der Waals surface area (Å²) in [6.45, 7) is 5.38. The number of alkyl halides is 3. The van der Waals surface area contributed by atoms with Gasteiger partial charge < -0.3 is 4.74 Å². The second kappa shape index (κ2) is 5.00. The van der Waals surface area contributed by atoms with Gasteiger partial charge in [-0.25, -0.2) is 0 Å². The number of nitrogens with zero attached hydrogens (tertiary/aromatic N) is 1. The minimum atomic E-state index is -4.44. The first-order chi connectivity index (χ1) is 9.52. The molecule has 1 aromatic rings. The van der Waals surface area contributed by atoms with Crippen LogP contribution in [-0.4, -0.2) is 16.6 Å². The van der Waals surface area contributed by atoms with E-state index in [4.69, 9.17) is 4.74 Å². The molecule has 0 atom stereocenters. The smallest absolute Gasteiger partial charge is 0.433 e. The molecule has 0 aromatic carbocycles. The van der Waals surface area contributed by atoms with Crippen LogP contribution in [-0.2, 0) is 22.1 Å². The molecule has 0 amide bonds. The molecule has 1 aromatic heterocycles. The summed E-state index contributed by atoms with van der Waals surface area (Å²) in [6, 6.07) is 2.32. The maximum absolute atomic E-state index is 12.4. The van der Waals surface area contributed by atoms with Crippen LogP contribution in [0.2, 0.25) is 0 Å². The van der Waals surface area contributed by atoms with Crippen molar-refractivity contribution in [3.63, 3.8) is 0 Å². The fraction of sp³-hybridized carbons (Fsp3) is 0.600. The molecule has 0 bridgehead atoms. The van der Waals surface area contributed by atoms with Crippen LogP contribution in [0.4, 0.5) is 13.2 Å². The van der Waals surface area contributed by atoms with Crippen LogP contribution < -0.4 is 0 Å². The number of hydrogen-bond acceptors (Lipinski definition) is 3. The highest BCUT2D eigenvalue weighted by Crippen LogP contribution is 2.50. The Hall–Kier alpha value is -1.59. The van der Waals surface area contributed by atoms with Gasteiger partial charge in [0.15, 0.2) is 0 Å². The third kappa shape index (κ3) is 3.95. The third-order valence-electron chi connectivity index (χ3n) is 3.34. The Morgan fingerprint density at radius 2 is 1.90 bits per heavy atom. The molecule has 3 nitrogen and oxygen atoms in total. The van der Waals surface area contributed by atoms with E-state index in [0.717, 1.165) is 6.07 Å². The Morgan fingerprint density at radius 3 is 2.29 bits per heavy atom. The van der Waals surface area contributed by atoms with Crippen LogP contribution >= 0.6 is 0 Å². The lowest BCUT2D eigenvalue weighted by molar-refractivity contribution is -0.161. The summed E-state index contributed by atoms with van der Waals surface area (Å²) in [4.78, 5) is 15.6. The molecule has 0 saturated heterocycles. The first kappa shape index (κ1) is 15.8. The lowest BCUT2D eigenvalue weighted by atomic mass is 9.97. The second-order valence-corrected chi connectivity index (χ2v) is 6.51. The molecular weight excluding hydrogens is 283 g/mol. The van der Waals surface area contributed by atoms with Crippen molar-refractivity contribution in [2.24, 2.45) is 5.41 Å². The van der Waals surface area contributed by atoms with Crippen LogP contribution in [0.5, 0.6) is 0 Å². The zero-order valence-electron chi connectivity index (χ0n) is 12.3. The van der Waals surface area contributed by atoms with E-state index in [1.54, 1.807) is 20.8 Å². The molecular formula is C15H18F3NO2. The number of halogens is 3. The van der Waals surface area contributed by atoms with Gasteiger partial charge in [-0.1, -0.05) is 6.07 Å². The number of pyridine rings is 1. The molecule has 1 heterocycles. The Bertz CT molecular complexity index is 525. The number of ether oxygens (including phenoxy) is 1. The Balaban J connectivity index is 2.06. The fourth-order valence-corrected chi connectivity index (χ4v) is 2.08. The molecule has 0 spiro atoms. The van der Waals surface area contributed by atoms with Crippen molar-refractivity contribution in [1.82, 2.24) is 4.98 Å². The summed E-state index contributed by atoms with van der Waals surface area (Å²) in [5.74, 6) is -0.283. The van der Waals surface area contributed by atoms with Gasteiger partial charge in [0.25, 0.3) is 0 Å². The minimum absolute atomic E-state index is 0.283. The normalized spacial score (nSPS) is 17.4. The highest BCUT2D eigenvalue weighted by Gasteiger charge is 2.52. The van der Waals surface area contributed by atoms with Crippen LogP contribution in [0.1, 0.15) is 44.9 Å². The first-order valence-corrected chi connectivity index (χ1v) is 6.77. The fourth-order valence-electron chi connectivity index (χ4n) is 2.08. The van der Waals surface area contributed by atoms with E-state index in [-0.39, 0.29) is 5.97 Å². The molecule has 1 aliphatic rings. The topological polar surface area (TPSA) is 39.2 Å². The summed E-state index contributed by atoms with van der Waals surface area (Å²) in [6.07, 6.45) is -1.49. The third-order valence-corrected chi connectivity index (χ3v) is 3.34. The number of rotatable bonds is 3. The number of esters is 1. The zero-order valence-corrected chi connectivity index (χ0v) is 12.3. The van der Waals surface area contributed by atoms with Gasteiger partial charge in [0.1, 0.15) is 11.3 Å². The van der Waals surface area contributed by atoms with Gasteiger partial charge in [0.2, 0.25) is 0 Å². The van der Waals surface area contributed by atoms with Crippen LogP contribution in [0, 0.1) is 5.41 Å². The van der Waals surface area contributed by atoms with Gasteiger partial charge in [0, 0.05) is 6.20 Å². The van der Waals surface area contributed by atoms with Crippen molar-refractivity contribution in [2.45, 2.75) is 51.8 Å². The summed E-state index contributed by atoms with van der Waals surface area (Å²) < 4.78 is 42.7. The van der Waals surface area contributed by atoms with E-state index in [0.29, 0.717) is 24.8 Å². The largest absolute Gasteiger partial charge is 0.460 e. The summed E-state index contributed by atoms with van der Waals surface area (Å²) in [5.41, 5.74) is -1.46. The maximum Gasteiger partial charge on any atom is 0.433 e. The van der Waals surface area contributed by atoms with Crippen LogP contribution in [0.25, 0.3) is 0 Å². The van der Waals surface area contributed by atoms with E-state index in [9.17, 15) is 18.0 Å². The molecule has 116 valence electrons. The highest BCUT2D eigenvalue weighted by atomic mass is 19.4. The number of hydrogen-bond donors (Lipinski definition) is 0. The lowest BCUT2D eigenvalue weighted by Crippen LogP contribution is -2.30. The van der Waals surface area contributed by atoms with Crippen molar-refractivity contribution < 1.29 is 22.7 Å². The molecule has 1 aliphatic carbocycles. The van der Waals surface area contributed by atoms with Gasteiger partial charge in [-0.3, -0.25) is 9.78 Å². The van der Waals surface area contributed by atoms with Crippen LogP contribution in [0.3, 0.4) is 0 Å². The predicted molar refractivity (Wildman–Crippen MR) is 70.5 cm³/mol. The second-order valence-electron chi connectivity index (χ2n) is 6.51. The summed E-state index contributed by atoms with van der Waals surface area (Å²) >= 11 is 0. The number of aromatic nitrogens is 1. The standard InChI is InChI=1S/C15H18F3NO2/c1-13(2,3)21-12(20)14(6-7-14)8-10-4-5-11(19-9-10)15(16,17)18/h4-5,9H,6-8H2,1-3H3. The lowest BCUT2D eigenvalue weighted by Gasteiger charge is -2.23. The molecule has 1 fully saturated rings. The average molecular weight is 301 g/mol. The SMILES string of the molecule is CC(C)(C)OC(=O)C1(Cc2ccc(C(F)(F)F)nc2)CC1. The van der Waals surface area contributed by atoms with E-state index in [2.05, 4.69) is 4.98 Å². The Kier molecular flexibility index (Phi) is 3.76. The Morgan fingerprint density at radius 1 is 1.29 bits per heavy atom. The van der Waals surface area contributed by atoms with Crippen molar-refractivity contribution >= 4 is 5.97 Å². The summed E-state index contributed by atoms with van der Waals surface area (Å²) in [7, 11) is 0. The predicted octanol–water partition coefficient (Wildman–Crippen LogP) is 3.76. The highest BCUT2D eigenvalue weighted by molar-refractivity contribution is 5.80. The summed E-state index contributed by atoms with van der Waals surface area (Å²) in [5, 5.41) is 0. The Labute approximate surface area is 121 Å². The number of carbonyl (C=O) groups excluding carboxylic acids is 1. The maximum atomic E-state index is 12.4. The monoisotopic (exact) mass is 301 g/mol. The first-order valence-electron chi connectivity index (χ1n) is 6.77. The molecule has 0 aliphatic heterocycles. The van der Waals surface area contributed by atoms with E-state index >= 15 is 0 Å². The molecule has 0 radical (unpaired) electrons. The molecule has 0 unspecified atom stereocenters. The minimum Gasteiger partial charge on any atom is -0.460 e. The quantitative estimate of drug-likeness (QED) is 0.798. The van der Waals surface area contributed by atoms with Crippen molar-refractivity contribution in [3.8, 4) is 0 Å². The van der Waals surface area contributed by atoms with E-state index in [1.807, 2.05) is 0 Å². The molecule has 0 N–H and O–H groups in total. The molecule has 21 heavy (non-hydrogen) atoms. The van der Waals surface area contributed by atoms with Gasteiger partial charge >= 0.3 is 12.1 Å². The molecule has 2 rings (SSSR count). The van der Waals surface area contributed by atoms with Gasteiger partial charge in [-0.15, -0.1) is 0 Å². The molecule has 6 heteroatoms. The van der Waals surface area contributed by atoms with Crippen molar-refractivity contribution in [2.75, 3.05) is 0 Å². The van der Waals surface area contributed by atoms with E-state index < -0.39 is 22.9 Å². The van der Waals surface area contributed by atoms with Crippen molar-refractivity contribution in [1.29, 1.82) is 0 Å². The average Bonchev–Trinajstić information content (AvgIpc) is 3.07. The van der Waals surface area contributed by atoms with Crippen molar-refractivity contribution in [3.05, 3.63) is 29.6 Å². The van der Waals surface area contributed by atoms with Gasteiger partial charge in [-0.05, 0) is 51.7 Å². The molecule has 1 saturated carbocycles. The van der Waals surface area contributed by atoms with E-state index in [1.165, 1.54) is 12.3 Å². The van der Waals surface area contributed by atoms with Gasteiger partial charge in [0.05, 0.1) is 5.41 Å². The van der Waals surface area contributed by atoms with Crippen LogP contribution in [0.15, 0.2) is 18.3 Å². The number of carbonyl (C=O) groups is 1. The van der Waals surface area contributed by atoms with Gasteiger partial charge in [-0.2, -0.15) is 13.2 Å².